The van der Waals surface area contributed by atoms with Crippen LogP contribution in [0.2, 0.25) is 0 Å². The zero-order chi connectivity index (χ0) is 13.9. The van der Waals surface area contributed by atoms with Gasteiger partial charge in [0.25, 0.3) is 0 Å². The molecule has 100 valence electrons. The molecule has 0 heterocycles. The Morgan fingerprint density at radius 3 is 2.17 bits per heavy atom. The van der Waals surface area contributed by atoms with E-state index in [1.165, 1.54) is 6.08 Å². The zero-order valence-corrected chi connectivity index (χ0v) is 13.1. The SMILES string of the molecule is O=C(O)C=CC1CC2(Cl)C(Cl)=C(Cl)C1(Cl)C2(Cl)Cl. The van der Waals surface area contributed by atoms with Crippen molar-refractivity contribution in [3.8, 4) is 0 Å². The summed E-state index contributed by atoms with van der Waals surface area (Å²) in [6, 6.07) is 0. The summed E-state index contributed by atoms with van der Waals surface area (Å²) in [5, 5.41) is 8.82. The molecule has 0 radical (unpaired) electrons. The number of rotatable bonds is 2. The molecule has 0 aromatic heterocycles. The van der Waals surface area contributed by atoms with Gasteiger partial charge in [0, 0.05) is 12.0 Å². The first-order chi connectivity index (χ1) is 8.09. The van der Waals surface area contributed by atoms with Crippen molar-refractivity contribution in [1.29, 1.82) is 0 Å². The third kappa shape index (κ3) is 1.60. The van der Waals surface area contributed by atoms with Crippen molar-refractivity contribution in [2.45, 2.75) is 20.5 Å². The van der Waals surface area contributed by atoms with E-state index in [9.17, 15) is 4.79 Å². The van der Waals surface area contributed by atoms with Crippen molar-refractivity contribution >= 4 is 75.6 Å². The van der Waals surface area contributed by atoms with Gasteiger partial charge in [-0.2, -0.15) is 0 Å². The van der Waals surface area contributed by atoms with E-state index in [0.29, 0.717) is 0 Å². The van der Waals surface area contributed by atoms with Gasteiger partial charge in [-0.1, -0.05) is 52.5 Å². The second-order valence-corrected chi connectivity index (χ2v) is 7.55. The average Bonchev–Trinajstić information content (AvgIpc) is 2.48. The molecule has 1 N–H and O–H groups in total. The predicted octanol–water partition coefficient (Wildman–Crippen LogP) is 4.48. The van der Waals surface area contributed by atoms with E-state index in [1.807, 2.05) is 0 Å². The Labute approximate surface area is 133 Å². The predicted molar refractivity (Wildman–Crippen MR) is 75.2 cm³/mol. The highest BCUT2D eigenvalue weighted by Crippen LogP contribution is 2.74. The topological polar surface area (TPSA) is 37.3 Å². The maximum absolute atomic E-state index is 10.6. The van der Waals surface area contributed by atoms with Crippen molar-refractivity contribution in [3.05, 3.63) is 22.2 Å². The zero-order valence-electron chi connectivity index (χ0n) is 8.56. The summed E-state index contributed by atoms with van der Waals surface area (Å²) in [7, 11) is 0. The van der Waals surface area contributed by atoms with Crippen LogP contribution in [0, 0.1) is 5.92 Å². The molecule has 0 saturated heterocycles. The van der Waals surface area contributed by atoms with Crippen molar-refractivity contribution in [1.82, 2.24) is 0 Å². The Kier molecular flexibility index (Phi) is 3.64. The van der Waals surface area contributed by atoms with Crippen LogP contribution in [0.4, 0.5) is 0 Å². The number of alkyl halides is 4. The first-order valence-corrected chi connectivity index (χ1v) is 7.09. The lowest BCUT2D eigenvalue weighted by Crippen LogP contribution is -2.44. The maximum Gasteiger partial charge on any atom is 0.327 e. The molecule has 0 amide bonds. The summed E-state index contributed by atoms with van der Waals surface area (Å²) in [4.78, 5) is 7.84. The second kappa shape index (κ2) is 4.34. The van der Waals surface area contributed by atoms with Gasteiger partial charge in [0.2, 0.25) is 0 Å². The Bertz CT molecular complexity index is 485. The van der Waals surface area contributed by atoms with Crippen LogP contribution in [0.5, 0.6) is 0 Å². The number of allylic oxidation sites excluding steroid dienone is 3. The van der Waals surface area contributed by atoms with Gasteiger partial charge in [-0.25, -0.2) is 4.79 Å². The highest BCUT2D eigenvalue weighted by Gasteiger charge is 2.77. The molecular weight excluding hydrogens is 365 g/mol. The van der Waals surface area contributed by atoms with Crippen molar-refractivity contribution in [3.63, 3.8) is 0 Å². The van der Waals surface area contributed by atoms with Gasteiger partial charge in [0.15, 0.2) is 4.33 Å². The molecule has 2 aliphatic rings. The fourth-order valence-corrected chi connectivity index (χ4v) is 5.13. The third-order valence-corrected chi connectivity index (χ3v) is 7.59. The Morgan fingerprint density at radius 1 is 1.22 bits per heavy atom. The highest BCUT2D eigenvalue weighted by molar-refractivity contribution is 6.65. The van der Waals surface area contributed by atoms with Gasteiger partial charge in [-0.05, 0) is 6.42 Å². The van der Waals surface area contributed by atoms with E-state index in [4.69, 9.17) is 74.7 Å². The van der Waals surface area contributed by atoms with Crippen LogP contribution >= 0.6 is 69.6 Å². The summed E-state index contributed by atoms with van der Waals surface area (Å²) in [5.74, 6) is -1.62. The largest absolute Gasteiger partial charge is 0.478 e. The normalized spacial score (nSPS) is 42.0. The molecule has 2 aliphatic carbocycles. The fourth-order valence-electron chi connectivity index (χ4n) is 2.35. The number of halogens is 6. The first kappa shape index (κ1) is 15.1. The maximum atomic E-state index is 10.6. The Morgan fingerprint density at radius 2 is 1.78 bits per heavy atom. The van der Waals surface area contributed by atoms with Crippen molar-refractivity contribution in [2.75, 3.05) is 0 Å². The lowest BCUT2D eigenvalue weighted by molar-refractivity contribution is -0.131. The molecule has 2 nitrogen and oxygen atoms in total. The smallest absolute Gasteiger partial charge is 0.327 e. The van der Waals surface area contributed by atoms with Crippen LogP contribution in [0.15, 0.2) is 22.2 Å². The number of carboxylic acids is 1. The summed E-state index contributed by atoms with van der Waals surface area (Å²) in [6.07, 6.45) is 2.55. The standard InChI is InChI=1S/C10H6Cl6O2/c11-6-7(12)9(14)4(1-2-5(17)18)3-8(6,13)10(9,15)16/h1-2,4H,3H2,(H,17,18). The number of fused-ring (bicyclic) bond motifs is 2. The molecule has 3 unspecified atom stereocenters. The number of carbonyl (C=O) groups is 1. The number of carboxylic acid groups (broad SMARTS) is 1. The third-order valence-electron chi connectivity index (χ3n) is 3.30. The van der Waals surface area contributed by atoms with Gasteiger partial charge < -0.3 is 5.11 Å². The summed E-state index contributed by atoms with van der Waals surface area (Å²) < 4.78 is -1.61. The minimum Gasteiger partial charge on any atom is -0.478 e. The van der Waals surface area contributed by atoms with E-state index in [1.54, 1.807) is 0 Å². The van der Waals surface area contributed by atoms with Gasteiger partial charge in [-0.15, -0.1) is 23.2 Å². The molecular formula is C10H6Cl6O2. The van der Waals surface area contributed by atoms with E-state index in [0.717, 1.165) is 6.08 Å². The second-order valence-electron chi connectivity index (χ2n) is 4.22. The van der Waals surface area contributed by atoms with Crippen LogP contribution in [-0.4, -0.2) is 25.2 Å². The molecule has 0 aromatic carbocycles. The van der Waals surface area contributed by atoms with E-state index < -0.39 is 26.0 Å². The van der Waals surface area contributed by atoms with Crippen LogP contribution < -0.4 is 0 Å². The summed E-state index contributed by atoms with van der Waals surface area (Å²) in [6.45, 7) is 0. The van der Waals surface area contributed by atoms with Gasteiger partial charge in [-0.3, -0.25) is 0 Å². The summed E-state index contributed by atoms with van der Waals surface area (Å²) in [5.41, 5.74) is 0. The minimum absolute atomic E-state index is 0.0668. The Hall–Kier alpha value is 0.690. The fraction of sp³-hybridized carbons (Fsp3) is 0.500. The molecule has 1 saturated carbocycles. The number of hydrogen-bond acceptors (Lipinski definition) is 1. The van der Waals surface area contributed by atoms with Gasteiger partial charge in [0.1, 0.15) is 9.75 Å². The number of aliphatic carboxylic acids is 1. The lowest BCUT2D eigenvalue weighted by atomic mass is 9.92. The molecule has 18 heavy (non-hydrogen) atoms. The van der Waals surface area contributed by atoms with Crippen LogP contribution in [0.25, 0.3) is 0 Å². The molecule has 0 aromatic rings. The average molecular weight is 371 g/mol. The van der Waals surface area contributed by atoms with Crippen LogP contribution in [0.3, 0.4) is 0 Å². The van der Waals surface area contributed by atoms with E-state index in [2.05, 4.69) is 0 Å². The molecule has 2 bridgehead atoms. The van der Waals surface area contributed by atoms with E-state index >= 15 is 0 Å². The highest BCUT2D eigenvalue weighted by atomic mass is 35.5. The quantitative estimate of drug-likeness (QED) is 0.574. The lowest BCUT2D eigenvalue weighted by Gasteiger charge is -2.32. The van der Waals surface area contributed by atoms with Gasteiger partial charge >= 0.3 is 5.97 Å². The molecule has 3 atom stereocenters. The molecule has 2 rings (SSSR count). The molecule has 8 heteroatoms. The van der Waals surface area contributed by atoms with Crippen LogP contribution in [-0.2, 0) is 4.79 Å². The van der Waals surface area contributed by atoms with E-state index in [-0.39, 0.29) is 16.5 Å². The van der Waals surface area contributed by atoms with Gasteiger partial charge in [0.05, 0.1) is 10.1 Å². The van der Waals surface area contributed by atoms with Crippen molar-refractivity contribution in [2.24, 2.45) is 5.92 Å². The van der Waals surface area contributed by atoms with Crippen LogP contribution in [0.1, 0.15) is 6.42 Å². The Balaban J connectivity index is 2.52. The monoisotopic (exact) mass is 368 g/mol. The number of hydrogen-bond donors (Lipinski definition) is 1. The van der Waals surface area contributed by atoms with Crippen molar-refractivity contribution < 1.29 is 9.90 Å². The summed E-state index contributed by atoms with van der Waals surface area (Å²) >= 11 is 37.3. The molecule has 0 aliphatic heterocycles. The molecule has 1 fully saturated rings. The first-order valence-electron chi connectivity index (χ1n) is 4.82. The molecule has 0 spiro atoms. The minimum atomic E-state index is -1.61.